The molecule has 6 heteroatoms. The van der Waals surface area contributed by atoms with Crippen LogP contribution in [0.4, 0.5) is 11.4 Å². The van der Waals surface area contributed by atoms with Gasteiger partial charge in [-0.15, -0.1) is 0 Å². The third-order valence-corrected chi connectivity index (χ3v) is 4.14. The molecule has 2 rings (SSSR count). The number of benzene rings is 2. The van der Waals surface area contributed by atoms with Crippen LogP contribution in [0.5, 0.6) is 5.75 Å². The molecule has 0 heterocycles. The quantitative estimate of drug-likeness (QED) is 0.520. The highest BCUT2D eigenvalue weighted by Gasteiger charge is 2.17. The fourth-order valence-corrected chi connectivity index (χ4v) is 2.81. The van der Waals surface area contributed by atoms with Crippen molar-refractivity contribution in [2.45, 2.75) is 0 Å². The number of carbonyl (C=O) groups is 1. The summed E-state index contributed by atoms with van der Waals surface area (Å²) in [5.74, 6) is 0.681. The van der Waals surface area contributed by atoms with E-state index in [1.54, 1.807) is 33.5 Å². The normalized spacial score (nSPS) is 10.6. The number of aldehydes is 1. The van der Waals surface area contributed by atoms with Crippen molar-refractivity contribution >= 4 is 17.7 Å². The Bertz CT molecular complexity index is 726. The summed E-state index contributed by atoms with van der Waals surface area (Å²) in [5, 5.41) is 0. The maximum absolute atomic E-state index is 11.2. The maximum atomic E-state index is 11.2. The second kappa shape index (κ2) is 9.79. The van der Waals surface area contributed by atoms with Crippen LogP contribution in [-0.4, -0.2) is 53.9 Å². The molecule has 0 radical (unpaired) electrons. The summed E-state index contributed by atoms with van der Waals surface area (Å²) in [6, 6.07) is 11.1. The lowest BCUT2D eigenvalue weighted by molar-refractivity contribution is 0.112. The molecular formula is C20H26N2O4. The van der Waals surface area contributed by atoms with Gasteiger partial charge in [0.2, 0.25) is 0 Å². The molecule has 0 spiro atoms. The minimum Gasteiger partial charge on any atom is -0.496 e. The van der Waals surface area contributed by atoms with Crippen LogP contribution in [0.15, 0.2) is 36.4 Å². The summed E-state index contributed by atoms with van der Waals surface area (Å²) in [5.41, 5.74) is 9.97. The van der Waals surface area contributed by atoms with Crippen LogP contribution >= 0.6 is 0 Å². The minimum atomic E-state index is 0.578. The topological polar surface area (TPSA) is 74.0 Å². The number of ether oxygens (including phenoxy) is 3. The predicted octanol–water partition coefficient (Wildman–Crippen LogP) is 2.86. The first kappa shape index (κ1) is 19.8. The largest absolute Gasteiger partial charge is 0.496 e. The molecule has 0 saturated heterocycles. The fraction of sp³-hybridized carbons (Fsp3) is 0.350. The zero-order valence-corrected chi connectivity index (χ0v) is 15.5. The summed E-state index contributed by atoms with van der Waals surface area (Å²) in [6.45, 7) is 2.57. The van der Waals surface area contributed by atoms with Gasteiger partial charge in [-0.05, 0) is 36.4 Å². The van der Waals surface area contributed by atoms with Gasteiger partial charge in [-0.25, -0.2) is 0 Å². The van der Waals surface area contributed by atoms with Crippen molar-refractivity contribution in [1.29, 1.82) is 0 Å². The first-order chi connectivity index (χ1) is 12.6. The summed E-state index contributed by atoms with van der Waals surface area (Å²) in [4.78, 5) is 13.4. The van der Waals surface area contributed by atoms with Gasteiger partial charge < -0.3 is 24.8 Å². The van der Waals surface area contributed by atoms with Gasteiger partial charge in [-0.3, -0.25) is 4.79 Å². The molecule has 0 bridgehead atoms. The Balaban J connectivity index is 2.57. The molecule has 0 atom stereocenters. The molecule has 140 valence electrons. The van der Waals surface area contributed by atoms with E-state index in [0.29, 0.717) is 43.3 Å². The van der Waals surface area contributed by atoms with Gasteiger partial charge in [-0.2, -0.15) is 0 Å². The highest BCUT2D eigenvalue weighted by atomic mass is 16.5. The summed E-state index contributed by atoms with van der Waals surface area (Å²) in [6.07, 6.45) is 0.822. The van der Waals surface area contributed by atoms with E-state index in [9.17, 15) is 4.79 Å². The van der Waals surface area contributed by atoms with E-state index >= 15 is 0 Å². The molecule has 2 aromatic rings. The van der Waals surface area contributed by atoms with Crippen LogP contribution in [0.25, 0.3) is 11.1 Å². The van der Waals surface area contributed by atoms with Gasteiger partial charge in [0.25, 0.3) is 0 Å². The average molecular weight is 358 g/mol. The molecule has 2 N–H and O–H groups in total. The standard InChI is InChI=1S/C20H26N2O4/c1-24-10-8-22(9-11-25-2)19-6-5-16(21)13-17(19)18-12-15(14-23)4-7-20(18)26-3/h4-7,12-14H,8-11,21H2,1-3H3. The van der Waals surface area contributed by atoms with E-state index in [1.807, 2.05) is 24.3 Å². The number of hydrogen-bond donors (Lipinski definition) is 1. The smallest absolute Gasteiger partial charge is 0.150 e. The van der Waals surface area contributed by atoms with Gasteiger partial charge in [0.15, 0.2) is 0 Å². The van der Waals surface area contributed by atoms with E-state index in [2.05, 4.69) is 4.90 Å². The highest BCUT2D eigenvalue weighted by Crippen LogP contribution is 2.38. The Morgan fingerprint density at radius 3 is 2.23 bits per heavy atom. The Labute approximate surface area is 154 Å². The van der Waals surface area contributed by atoms with E-state index in [1.165, 1.54) is 0 Å². The van der Waals surface area contributed by atoms with Crippen molar-refractivity contribution in [3.05, 3.63) is 42.0 Å². The SMILES string of the molecule is COCCN(CCOC)c1ccc(N)cc1-c1cc(C=O)ccc1OC. The van der Waals surface area contributed by atoms with Gasteiger partial charge in [-0.1, -0.05) is 0 Å². The molecule has 0 saturated carbocycles. The van der Waals surface area contributed by atoms with E-state index in [0.717, 1.165) is 23.1 Å². The molecule has 0 aliphatic heterocycles. The third kappa shape index (κ3) is 4.74. The van der Waals surface area contributed by atoms with Crippen LogP contribution in [0.2, 0.25) is 0 Å². The summed E-state index contributed by atoms with van der Waals surface area (Å²) < 4.78 is 16.0. The lowest BCUT2D eigenvalue weighted by Gasteiger charge is -2.27. The van der Waals surface area contributed by atoms with Gasteiger partial charge in [0.1, 0.15) is 12.0 Å². The maximum Gasteiger partial charge on any atom is 0.150 e. The molecule has 0 fully saturated rings. The Hall–Kier alpha value is -2.57. The zero-order chi connectivity index (χ0) is 18.9. The fourth-order valence-electron chi connectivity index (χ4n) is 2.81. The van der Waals surface area contributed by atoms with Crippen LogP contribution in [0.1, 0.15) is 10.4 Å². The molecule has 0 amide bonds. The number of nitrogen functional groups attached to an aromatic ring is 1. The van der Waals surface area contributed by atoms with Crippen molar-refractivity contribution in [1.82, 2.24) is 0 Å². The Morgan fingerprint density at radius 1 is 0.962 bits per heavy atom. The second-order valence-corrected chi connectivity index (χ2v) is 5.83. The van der Waals surface area contributed by atoms with Crippen LogP contribution in [0, 0.1) is 0 Å². The number of anilines is 2. The molecule has 0 aliphatic carbocycles. The third-order valence-electron chi connectivity index (χ3n) is 4.14. The van der Waals surface area contributed by atoms with Crippen LogP contribution in [0.3, 0.4) is 0 Å². The molecule has 0 aliphatic rings. The van der Waals surface area contributed by atoms with Crippen LogP contribution in [-0.2, 0) is 9.47 Å². The highest BCUT2D eigenvalue weighted by molar-refractivity contribution is 5.88. The summed E-state index contributed by atoms with van der Waals surface area (Å²) in [7, 11) is 4.96. The van der Waals surface area contributed by atoms with Gasteiger partial charge in [0.05, 0.1) is 20.3 Å². The predicted molar refractivity (Wildman–Crippen MR) is 104 cm³/mol. The summed E-state index contributed by atoms with van der Waals surface area (Å²) >= 11 is 0. The van der Waals surface area contributed by atoms with Crippen molar-refractivity contribution in [2.24, 2.45) is 0 Å². The molecule has 0 aromatic heterocycles. The lowest BCUT2D eigenvalue weighted by Crippen LogP contribution is -2.31. The van der Waals surface area contributed by atoms with Crippen molar-refractivity contribution in [2.75, 3.05) is 58.3 Å². The second-order valence-electron chi connectivity index (χ2n) is 5.83. The van der Waals surface area contributed by atoms with Crippen molar-refractivity contribution in [3.8, 4) is 16.9 Å². The number of nitrogens with zero attached hydrogens (tertiary/aromatic N) is 1. The first-order valence-electron chi connectivity index (χ1n) is 8.40. The van der Waals surface area contributed by atoms with E-state index < -0.39 is 0 Å². The number of hydrogen-bond acceptors (Lipinski definition) is 6. The number of nitrogens with two attached hydrogens (primary N) is 1. The van der Waals surface area contributed by atoms with E-state index in [-0.39, 0.29) is 0 Å². The molecule has 2 aromatic carbocycles. The molecule has 26 heavy (non-hydrogen) atoms. The first-order valence-corrected chi connectivity index (χ1v) is 8.40. The Kier molecular flexibility index (Phi) is 7.44. The molecule has 6 nitrogen and oxygen atoms in total. The number of methoxy groups -OCH3 is 3. The molecular weight excluding hydrogens is 332 g/mol. The van der Waals surface area contributed by atoms with Crippen molar-refractivity contribution in [3.63, 3.8) is 0 Å². The lowest BCUT2D eigenvalue weighted by atomic mass is 9.99. The minimum absolute atomic E-state index is 0.578. The number of carbonyl (C=O) groups excluding carboxylic acids is 1. The van der Waals surface area contributed by atoms with Crippen molar-refractivity contribution < 1.29 is 19.0 Å². The number of rotatable bonds is 10. The van der Waals surface area contributed by atoms with Gasteiger partial charge in [0, 0.05) is 55.4 Å². The Morgan fingerprint density at radius 2 is 1.65 bits per heavy atom. The van der Waals surface area contributed by atoms with Gasteiger partial charge >= 0.3 is 0 Å². The average Bonchev–Trinajstić information content (AvgIpc) is 2.68. The monoisotopic (exact) mass is 358 g/mol. The van der Waals surface area contributed by atoms with E-state index in [4.69, 9.17) is 19.9 Å². The zero-order valence-electron chi connectivity index (χ0n) is 15.5. The van der Waals surface area contributed by atoms with Crippen LogP contribution < -0.4 is 15.4 Å². The molecule has 0 unspecified atom stereocenters.